The molecule has 39 heavy (non-hydrogen) atoms. The van der Waals surface area contributed by atoms with Crippen LogP contribution < -0.4 is 16.2 Å². The van der Waals surface area contributed by atoms with Gasteiger partial charge in [-0.1, -0.05) is 29.8 Å². The number of carbonyl (C=O) groups is 2. The van der Waals surface area contributed by atoms with E-state index in [0.717, 1.165) is 4.68 Å². The second-order valence-electron chi connectivity index (χ2n) is 8.58. The highest BCUT2D eigenvalue weighted by molar-refractivity contribution is 6.30. The first-order chi connectivity index (χ1) is 18.4. The zero-order chi connectivity index (χ0) is 28.7. The maximum Gasteiger partial charge on any atom is 0.416 e. The number of benzene rings is 2. The van der Waals surface area contributed by atoms with E-state index in [1.165, 1.54) is 31.4 Å². The van der Waals surface area contributed by atoms with Gasteiger partial charge in [0.05, 0.1) is 20.3 Å². The minimum atomic E-state index is -4.98. The molecule has 3 rings (SSSR count). The molecule has 210 valence electrons. The average molecular weight is 571 g/mol. The monoisotopic (exact) mass is 570 g/mol. The molecule has 10 nitrogen and oxygen atoms in total. The van der Waals surface area contributed by atoms with Crippen LogP contribution in [0.3, 0.4) is 0 Å². The molecule has 3 N–H and O–H groups in total. The van der Waals surface area contributed by atoms with E-state index in [-0.39, 0.29) is 30.8 Å². The van der Waals surface area contributed by atoms with E-state index in [9.17, 15) is 32.7 Å². The summed E-state index contributed by atoms with van der Waals surface area (Å²) in [5.41, 5.74) is 4.92. The van der Waals surface area contributed by atoms with Crippen LogP contribution >= 0.6 is 11.6 Å². The first-order valence-corrected chi connectivity index (χ1v) is 12.0. The molecular weight excluding hydrogens is 545 g/mol. The Kier molecular flexibility index (Phi) is 9.76. The Morgan fingerprint density at radius 2 is 1.82 bits per heavy atom. The predicted octanol–water partition coefficient (Wildman–Crippen LogP) is 3.53. The van der Waals surface area contributed by atoms with E-state index >= 15 is 0 Å². The molecule has 1 unspecified atom stereocenters. The molecular formula is C25H26ClF3N4O6. The Labute approximate surface area is 225 Å². The topological polar surface area (TPSA) is 139 Å². The van der Waals surface area contributed by atoms with Gasteiger partial charge in [0.1, 0.15) is 12.3 Å². The summed E-state index contributed by atoms with van der Waals surface area (Å²) in [4.78, 5) is 37.2. The number of hydrogen-bond acceptors (Lipinski definition) is 7. The van der Waals surface area contributed by atoms with Gasteiger partial charge >= 0.3 is 18.0 Å². The van der Waals surface area contributed by atoms with Gasteiger partial charge in [-0.05, 0) is 48.2 Å². The van der Waals surface area contributed by atoms with Crippen LogP contribution in [0.5, 0.6) is 5.75 Å². The number of carbonyl (C=O) groups excluding carboxylic acids is 2. The molecule has 3 aromatic rings. The molecule has 0 aliphatic rings. The first kappa shape index (κ1) is 29.7. The van der Waals surface area contributed by atoms with Gasteiger partial charge in [-0.3, -0.25) is 9.36 Å². The summed E-state index contributed by atoms with van der Waals surface area (Å²) in [6.07, 6.45) is -8.73. The van der Waals surface area contributed by atoms with Crippen LogP contribution in [0.2, 0.25) is 5.02 Å². The zero-order valence-electron chi connectivity index (χ0n) is 20.7. The second kappa shape index (κ2) is 12.8. The number of aromatic nitrogens is 3. The van der Waals surface area contributed by atoms with Crippen molar-refractivity contribution in [1.29, 1.82) is 0 Å². The largest absolute Gasteiger partial charge is 0.496 e. The standard InChI is InChI=1S/C25H26ClF3N4O6/c1-38-20-5-3-2-4-19(20)16(10-11-39-23(30)36)12-18(34)13-33-24(37)32(14-21(35)25(27,28)29)22(31-33)15-6-8-17(26)9-7-15/h2-9,16,21,35H,10-14H2,1H3,(H2,30,36)/t16?,21-/m0/s1. The summed E-state index contributed by atoms with van der Waals surface area (Å²) in [5.74, 6) is -0.671. The third-order valence-corrected chi connectivity index (χ3v) is 6.10. The summed E-state index contributed by atoms with van der Waals surface area (Å²) in [6.45, 7) is -1.77. The summed E-state index contributed by atoms with van der Waals surface area (Å²) < 4.78 is 50.8. The van der Waals surface area contributed by atoms with Crippen molar-refractivity contribution in [3.63, 3.8) is 0 Å². The minimum absolute atomic E-state index is 0.0874. The van der Waals surface area contributed by atoms with Crippen LogP contribution in [0.1, 0.15) is 24.3 Å². The number of para-hydroxylation sites is 1. The highest BCUT2D eigenvalue weighted by Crippen LogP contribution is 2.32. The highest BCUT2D eigenvalue weighted by Gasteiger charge is 2.39. The summed E-state index contributed by atoms with van der Waals surface area (Å²) in [6, 6.07) is 12.7. The first-order valence-electron chi connectivity index (χ1n) is 11.7. The Balaban J connectivity index is 1.91. The molecule has 0 radical (unpaired) electrons. The lowest BCUT2D eigenvalue weighted by Crippen LogP contribution is -2.37. The van der Waals surface area contributed by atoms with Crippen molar-refractivity contribution in [3.8, 4) is 17.1 Å². The number of Topliss-reactive ketones (excluding diaryl/α,β-unsaturated/α-hetero) is 1. The number of ketones is 1. The molecule has 0 bridgehead atoms. The van der Waals surface area contributed by atoms with Crippen molar-refractivity contribution in [3.05, 3.63) is 69.6 Å². The van der Waals surface area contributed by atoms with Crippen LogP contribution in [0.4, 0.5) is 18.0 Å². The van der Waals surface area contributed by atoms with Crippen molar-refractivity contribution in [2.24, 2.45) is 5.73 Å². The van der Waals surface area contributed by atoms with Crippen LogP contribution in [0.15, 0.2) is 53.3 Å². The molecule has 0 aliphatic carbocycles. The fraction of sp³-hybridized carbons (Fsp3) is 0.360. The quantitative estimate of drug-likeness (QED) is 0.340. The van der Waals surface area contributed by atoms with E-state index in [1.807, 2.05) is 0 Å². The van der Waals surface area contributed by atoms with Gasteiger partial charge in [0.25, 0.3) is 0 Å². The normalized spacial score (nSPS) is 13.1. The maximum absolute atomic E-state index is 13.1. The predicted molar refractivity (Wildman–Crippen MR) is 135 cm³/mol. The van der Waals surface area contributed by atoms with Crippen LogP contribution in [0.25, 0.3) is 11.4 Å². The zero-order valence-corrected chi connectivity index (χ0v) is 21.5. The van der Waals surface area contributed by atoms with Crippen LogP contribution in [-0.4, -0.2) is 57.3 Å². The van der Waals surface area contributed by atoms with Gasteiger partial charge < -0.3 is 20.3 Å². The van der Waals surface area contributed by atoms with Crippen molar-refractivity contribution in [1.82, 2.24) is 14.3 Å². The van der Waals surface area contributed by atoms with Crippen molar-refractivity contribution >= 4 is 23.5 Å². The van der Waals surface area contributed by atoms with Crippen molar-refractivity contribution in [2.75, 3.05) is 13.7 Å². The Morgan fingerprint density at radius 1 is 1.15 bits per heavy atom. The van der Waals surface area contributed by atoms with E-state index in [0.29, 0.717) is 20.9 Å². The summed E-state index contributed by atoms with van der Waals surface area (Å²) in [5, 5.41) is 14.1. The van der Waals surface area contributed by atoms with Crippen molar-refractivity contribution in [2.45, 2.75) is 44.1 Å². The van der Waals surface area contributed by atoms with E-state index in [4.69, 9.17) is 26.8 Å². The molecule has 0 aliphatic heterocycles. The molecule has 1 heterocycles. The Bertz CT molecular complexity index is 1360. The number of aliphatic hydroxyl groups is 1. The number of ether oxygens (including phenoxy) is 2. The fourth-order valence-corrected chi connectivity index (χ4v) is 4.10. The Morgan fingerprint density at radius 3 is 2.44 bits per heavy atom. The third kappa shape index (κ3) is 7.83. The van der Waals surface area contributed by atoms with Gasteiger partial charge in [-0.25, -0.2) is 14.3 Å². The van der Waals surface area contributed by atoms with E-state index in [2.05, 4.69) is 5.10 Å². The number of nitrogens with two attached hydrogens (primary N) is 1. The molecule has 1 amide bonds. The average Bonchev–Trinajstić information content (AvgIpc) is 3.17. The number of aliphatic hydroxyl groups excluding tert-OH is 1. The lowest BCUT2D eigenvalue weighted by molar-refractivity contribution is -0.207. The van der Waals surface area contributed by atoms with Crippen LogP contribution in [0, 0.1) is 0 Å². The van der Waals surface area contributed by atoms with E-state index < -0.39 is 48.9 Å². The lowest BCUT2D eigenvalue weighted by atomic mass is 9.90. The number of nitrogens with zero attached hydrogens (tertiary/aromatic N) is 3. The van der Waals surface area contributed by atoms with E-state index in [1.54, 1.807) is 24.3 Å². The van der Waals surface area contributed by atoms with Gasteiger partial charge in [0, 0.05) is 17.0 Å². The Hall–Kier alpha value is -3.84. The van der Waals surface area contributed by atoms with Crippen LogP contribution in [-0.2, 0) is 22.6 Å². The summed E-state index contributed by atoms with van der Waals surface area (Å²) >= 11 is 5.89. The number of rotatable bonds is 12. The van der Waals surface area contributed by atoms with Gasteiger partial charge in [-0.15, -0.1) is 5.10 Å². The molecule has 14 heteroatoms. The number of primary amides is 1. The molecule has 1 aromatic heterocycles. The molecule has 0 saturated heterocycles. The number of halogens is 4. The number of hydrogen-bond donors (Lipinski definition) is 2. The highest BCUT2D eigenvalue weighted by atomic mass is 35.5. The maximum atomic E-state index is 13.1. The smallest absolute Gasteiger partial charge is 0.416 e. The summed E-state index contributed by atoms with van der Waals surface area (Å²) in [7, 11) is 1.46. The van der Waals surface area contributed by atoms with Gasteiger partial charge in [0.15, 0.2) is 17.7 Å². The second-order valence-corrected chi connectivity index (χ2v) is 9.01. The molecule has 2 atom stereocenters. The minimum Gasteiger partial charge on any atom is -0.496 e. The third-order valence-electron chi connectivity index (χ3n) is 5.85. The molecule has 0 fully saturated rings. The fourth-order valence-electron chi connectivity index (χ4n) is 3.98. The van der Waals surface area contributed by atoms with Gasteiger partial charge in [0.2, 0.25) is 0 Å². The molecule has 2 aromatic carbocycles. The molecule has 0 saturated carbocycles. The SMILES string of the molecule is COc1ccccc1C(CCOC(N)=O)CC(=O)Cn1nc(-c2ccc(Cl)cc2)n(C[C@H](O)C(F)(F)F)c1=O. The number of alkyl halides is 3. The number of amides is 1. The number of methoxy groups -OCH3 is 1. The van der Waals surface area contributed by atoms with Gasteiger partial charge in [-0.2, -0.15) is 13.2 Å². The lowest BCUT2D eigenvalue weighted by Gasteiger charge is -2.19. The van der Waals surface area contributed by atoms with Crippen molar-refractivity contribution < 1.29 is 37.3 Å². The molecule has 0 spiro atoms.